The van der Waals surface area contributed by atoms with Crippen molar-refractivity contribution < 1.29 is 0 Å². The molecule has 0 aliphatic heterocycles. The quantitative estimate of drug-likeness (QED) is 0.604. The van der Waals surface area contributed by atoms with Crippen LogP contribution in [0.25, 0.3) is 10.9 Å². The van der Waals surface area contributed by atoms with Crippen LogP contribution in [-0.2, 0) is 0 Å². The zero-order valence-corrected chi connectivity index (χ0v) is 12.9. The van der Waals surface area contributed by atoms with Crippen LogP contribution in [0.4, 0.5) is 0 Å². The number of rotatable bonds is 4. The van der Waals surface area contributed by atoms with Crippen LogP contribution in [0.2, 0.25) is 0 Å². The Kier molecular flexibility index (Phi) is 4.33. The number of aromatic amines is 1. The molecular weight excluding hydrogens is 258 g/mol. The fourth-order valence-electron chi connectivity index (χ4n) is 1.89. The van der Waals surface area contributed by atoms with E-state index in [1.807, 2.05) is 11.8 Å². The number of thiol groups is 1. The summed E-state index contributed by atoms with van der Waals surface area (Å²) < 4.78 is 0. The molecule has 98 valence electrons. The highest BCUT2D eigenvalue weighted by Gasteiger charge is 2.23. The molecule has 2 aromatic rings. The number of H-pyrrole nitrogens is 1. The number of para-hydroxylation sites is 1. The van der Waals surface area contributed by atoms with Gasteiger partial charge < -0.3 is 4.98 Å². The molecule has 0 radical (unpaired) electrons. The van der Waals surface area contributed by atoms with Crippen molar-refractivity contribution in [2.24, 2.45) is 11.3 Å². The van der Waals surface area contributed by atoms with E-state index in [2.05, 4.69) is 68.7 Å². The van der Waals surface area contributed by atoms with Crippen molar-refractivity contribution in [3.63, 3.8) is 0 Å². The largest absolute Gasteiger partial charge is 0.350 e. The van der Waals surface area contributed by atoms with E-state index in [1.54, 1.807) is 0 Å². The van der Waals surface area contributed by atoms with Crippen LogP contribution in [0.1, 0.15) is 20.8 Å². The Bertz CT molecular complexity index is 477. The van der Waals surface area contributed by atoms with Crippen LogP contribution < -0.4 is 0 Å². The van der Waals surface area contributed by atoms with Gasteiger partial charge >= 0.3 is 0 Å². The van der Waals surface area contributed by atoms with Crippen molar-refractivity contribution in [3.05, 3.63) is 30.3 Å². The maximum absolute atomic E-state index is 4.48. The standard InChI is InChI=1S/C15H21NS2/c1-15(2,3)12(9-17)10-18-14-8-11-6-4-5-7-13(11)16-14/h4-8,12,16-17H,9-10H2,1-3H3. The maximum atomic E-state index is 4.48. The highest BCUT2D eigenvalue weighted by Crippen LogP contribution is 2.33. The number of thioether (sulfide) groups is 1. The summed E-state index contributed by atoms with van der Waals surface area (Å²) in [7, 11) is 0. The maximum Gasteiger partial charge on any atom is 0.0732 e. The van der Waals surface area contributed by atoms with Crippen molar-refractivity contribution in [1.82, 2.24) is 4.98 Å². The highest BCUT2D eigenvalue weighted by molar-refractivity contribution is 7.99. The lowest BCUT2D eigenvalue weighted by Crippen LogP contribution is -2.24. The second-order valence-corrected chi connectivity index (χ2v) is 7.20. The molecule has 0 bridgehead atoms. The number of hydrogen-bond donors (Lipinski definition) is 2. The first-order valence-corrected chi connectivity index (χ1v) is 7.94. The SMILES string of the molecule is CC(C)(C)C(CS)CSc1cc2ccccc2[nH]1. The van der Waals surface area contributed by atoms with Crippen molar-refractivity contribution in [3.8, 4) is 0 Å². The lowest BCUT2D eigenvalue weighted by Gasteiger charge is -2.28. The summed E-state index contributed by atoms with van der Waals surface area (Å²) in [5, 5.41) is 2.55. The second kappa shape index (κ2) is 5.62. The highest BCUT2D eigenvalue weighted by atomic mass is 32.2. The van der Waals surface area contributed by atoms with Crippen LogP contribution in [0.5, 0.6) is 0 Å². The third-order valence-electron chi connectivity index (χ3n) is 3.39. The molecule has 1 atom stereocenters. The van der Waals surface area contributed by atoms with Gasteiger partial charge in [-0.05, 0) is 29.2 Å². The van der Waals surface area contributed by atoms with Gasteiger partial charge in [0.15, 0.2) is 0 Å². The zero-order valence-electron chi connectivity index (χ0n) is 11.2. The fourth-order valence-corrected chi connectivity index (χ4v) is 4.13. The van der Waals surface area contributed by atoms with E-state index in [4.69, 9.17) is 0 Å². The van der Waals surface area contributed by atoms with Gasteiger partial charge in [0.1, 0.15) is 0 Å². The molecule has 1 aromatic heterocycles. The number of benzene rings is 1. The van der Waals surface area contributed by atoms with E-state index in [0.29, 0.717) is 11.3 Å². The van der Waals surface area contributed by atoms with Gasteiger partial charge in [-0.2, -0.15) is 12.6 Å². The molecule has 0 saturated carbocycles. The van der Waals surface area contributed by atoms with E-state index in [9.17, 15) is 0 Å². The molecule has 2 rings (SSSR count). The molecule has 3 heteroatoms. The summed E-state index contributed by atoms with van der Waals surface area (Å²) in [6.07, 6.45) is 0. The molecular formula is C15H21NS2. The first-order valence-electron chi connectivity index (χ1n) is 6.32. The Hall–Kier alpha value is -0.540. The van der Waals surface area contributed by atoms with Gasteiger partial charge in [-0.1, -0.05) is 39.0 Å². The number of aromatic nitrogens is 1. The third kappa shape index (κ3) is 3.27. The van der Waals surface area contributed by atoms with Crippen molar-refractivity contribution in [1.29, 1.82) is 0 Å². The number of hydrogen-bond acceptors (Lipinski definition) is 2. The van der Waals surface area contributed by atoms with Gasteiger partial charge in [-0.25, -0.2) is 0 Å². The van der Waals surface area contributed by atoms with E-state index < -0.39 is 0 Å². The smallest absolute Gasteiger partial charge is 0.0732 e. The van der Waals surface area contributed by atoms with Crippen LogP contribution in [0, 0.1) is 11.3 Å². The van der Waals surface area contributed by atoms with Crippen molar-refractivity contribution in [2.45, 2.75) is 25.8 Å². The van der Waals surface area contributed by atoms with Gasteiger partial charge in [0, 0.05) is 16.7 Å². The van der Waals surface area contributed by atoms with E-state index in [1.165, 1.54) is 15.9 Å². The van der Waals surface area contributed by atoms with Crippen LogP contribution >= 0.6 is 24.4 Å². The second-order valence-electron chi connectivity index (χ2n) is 5.78. The predicted octanol–water partition coefficient (Wildman–Crippen LogP) is 4.85. The first kappa shape index (κ1) is 13.9. The lowest BCUT2D eigenvalue weighted by atomic mass is 9.83. The Morgan fingerprint density at radius 1 is 1.28 bits per heavy atom. The minimum atomic E-state index is 0.320. The summed E-state index contributed by atoms with van der Waals surface area (Å²) in [5.41, 5.74) is 1.54. The molecule has 0 aliphatic carbocycles. The van der Waals surface area contributed by atoms with Gasteiger partial charge in [-0.3, -0.25) is 0 Å². The Balaban J connectivity index is 2.05. The van der Waals surface area contributed by atoms with Gasteiger partial charge in [0.05, 0.1) is 5.03 Å². The summed E-state index contributed by atoms with van der Waals surface area (Å²) in [5.74, 6) is 2.67. The van der Waals surface area contributed by atoms with Gasteiger partial charge in [0.25, 0.3) is 0 Å². The first-order chi connectivity index (χ1) is 8.50. The zero-order chi connectivity index (χ0) is 13.2. The number of fused-ring (bicyclic) bond motifs is 1. The minimum Gasteiger partial charge on any atom is -0.350 e. The van der Waals surface area contributed by atoms with Crippen LogP contribution in [0.3, 0.4) is 0 Å². The average Bonchev–Trinajstić information content (AvgIpc) is 2.70. The molecule has 1 unspecified atom stereocenters. The van der Waals surface area contributed by atoms with E-state index in [-0.39, 0.29) is 0 Å². The van der Waals surface area contributed by atoms with Gasteiger partial charge in [0.2, 0.25) is 0 Å². The monoisotopic (exact) mass is 279 g/mol. The molecule has 1 aromatic carbocycles. The summed E-state index contributed by atoms with van der Waals surface area (Å²) in [4.78, 5) is 3.46. The summed E-state index contributed by atoms with van der Waals surface area (Å²) in [6.45, 7) is 6.87. The normalized spacial score (nSPS) is 14.0. The number of nitrogens with one attached hydrogen (secondary N) is 1. The summed E-state index contributed by atoms with van der Waals surface area (Å²) >= 11 is 6.38. The Labute approximate surface area is 119 Å². The molecule has 0 spiro atoms. The summed E-state index contributed by atoms with van der Waals surface area (Å²) in [6, 6.07) is 10.7. The molecule has 0 amide bonds. The predicted molar refractivity (Wildman–Crippen MR) is 85.8 cm³/mol. The molecule has 1 heterocycles. The fraction of sp³-hybridized carbons (Fsp3) is 0.467. The van der Waals surface area contributed by atoms with Crippen LogP contribution in [-0.4, -0.2) is 16.5 Å². The van der Waals surface area contributed by atoms with Crippen LogP contribution in [0.15, 0.2) is 35.4 Å². The van der Waals surface area contributed by atoms with Gasteiger partial charge in [-0.15, -0.1) is 11.8 Å². The Morgan fingerprint density at radius 3 is 2.61 bits per heavy atom. The third-order valence-corrected chi connectivity index (χ3v) is 4.93. The average molecular weight is 279 g/mol. The van der Waals surface area contributed by atoms with E-state index >= 15 is 0 Å². The topological polar surface area (TPSA) is 15.8 Å². The molecule has 0 saturated heterocycles. The van der Waals surface area contributed by atoms with E-state index in [0.717, 1.165) is 11.5 Å². The molecule has 1 nitrogen and oxygen atoms in total. The molecule has 0 aliphatic rings. The molecule has 0 fully saturated rings. The molecule has 1 N–H and O–H groups in total. The van der Waals surface area contributed by atoms with Crippen molar-refractivity contribution >= 4 is 35.3 Å². The minimum absolute atomic E-state index is 0.320. The Morgan fingerprint density at radius 2 is 2.00 bits per heavy atom. The van der Waals surface area contributed by atoms with Crippen molar-refractivity contribution in [2.75, 3.05) is 11.5 Å². The molecule has 18 heavy (non-hydrogen) atoms. The lowest BCUT2D eigenvalue weighted by molar-refractivity contribution is 0.294.